The molecule has 0 aliphatic carbocycles. The minimum atomic E-state index is -0.321. The standard InChI is InChI=1S/C15H12O3/c1-9-3-5-14-12(7-9)13-8-11(17-10(2)16)4-6-15(13)18-14/h3-8H,1-2H3. The fraction of sp³-hybridized carbons (Fsp3) is 0.133. The van der Waals surface area contributed by atoms with Gasteiger partial charge in [0.2, 0.25) is 0 Å². The Bertz CT molecular complexity index is 753. The second-order valence-electron chi connectivity index (χ2n) is 4.35. The zero-order valence-corrected chi connectivity index (χ0v) is 10.2. The summed E-state index contributed by atoms with van der Waals surface area (Å²) in [4.78, 5) is 11.0. The van der Waals surface area contributed by atoms with Gasteiger partial charge < -0.3 is 9.15 Å². The molecule has 18 heavy (non-hydrogen) atoms. The van der Waals surface area contributed by atoms with Gasteiger partial charge in [-0.25, -0.2) is 0 Å². The summed E-state index contributed by atoms with van der Waals surface area (Å²) in [7, 11) is 0. The summed E-state index contributed by atoms with van der Waals surface area (Å²) in [6.45, 7) is 3.43. The van der Waals surface area contributed by atoms with Crippen LogP contribution in [0.25, 0.3) is 21.9 Å². The van der Waals surface area contributed by atoms with Crippen molar-refractivity contribution in [3.63, 3.8) is 0 Å². The van der Waals surface area contributed by atoms with Gasteiger partial charge in [0, 0.05) is 17.7 Å². The number of furan rings is 1. The van der Waals surface area contributed by atoms with E-state index in [0.29, 0.717) is 5.75 Å². The third kappa shape index (κ3) is 1.74. The average Bonchev–Trinajstić information content (AvgIpc) is 2.66. The van der Waals surface area contributed by atoms with Crippen LogP contribution in [0.5, 0.6) is 5.75 Å². The lowest BCUT2D eigenvalue weighted by molar-refractivity contribution is -0.131. The molecule has 0 saturated carbocycles. The molecule has 2 aromatic carbocycles. The molecular formula is C15H12O3. The number of ether oxygens (including phenoxy) is 1. The van der Waals surface area contributed by atoms with Gasteiger partial charge in [0.1, 0.15) is 16.9 Å². The second-order valence-corrected chi connectivity index (χ2v) is 4.35. The predicted octanol–water partition coefficient (Wildman–Crippen LogP) is 3.82. The number of esters is 1. The van der Waals surface area contributed by atoms with Crippen LogP contribution in [-0.4, -0.2) is 5.97 Å². The van der Waals surface area contributed by atoms with Crippen molar-refractivity contribution in [1.29, 1.82) is 0 Å². The Hall–Kier alpha value is -2.29. The number of benzene rings is 2. The van der Waals surface area contributed by atoms with Crippen LogP contribution in [0, 0.1) is 6.92 Å². The lowest BCUT2D eigenvalue weighted by Gasteiger charge is -2.00. The van der Waals surface area contributed by atoms with E-state index in [1.54, 1.807) is 6.07 Å². The van der Waals surface area contributed by atoms with Crippen LogP contribution in [-0.2, 0) is 4.79 Å². The molecule has 3 nitrogen and oxygen atoms in total. The summed E-state index contributed by atoms with van der Waals surface area (Å²) in [5.74, 6) is 0.220. The Morgan fingerprint density at radius 1 is 1.06 bits per heavy atom. The first-order valence-corrected chi connectivity index (χ1v) is 5.75. The van der Waals surface area contributed by atoms with Crippen LogP contribution in [0.1, 0.15) is 12.5 Å². The summed E-state index contributed by atoms with van der Waals surface area (Å²) in [6.07, 6.45) is 0. The van der Waals surface area contributed by atoms with Crippen LogP contribution >= 0.6 is 0 Å². The van der Waals surface area contributed by atoms with Crippen molar-refractivity contribution in [2.45, 2.75) is 13.8 Å². The van der Waals surface area contributed by atoms with E-state index in [4.69, 9.17) is 9.15 Å². The molecule has 0 saturated heterocycles. The third-order valence-electron chi connectivity index (χ3n) is 2.86. The molecule has 0 amide bonds. The van der Waals surface area contributed by atoms with Crippen LogP contribution in [0.2, 0.25) is 0 Å². The molecule has 90 valence electrons. The van der Waals surface area contributed by atoms with Gasteiger partial charge >= 0.3 is 5.97 Å². The number of carbonyl (C=O) groups is 1. The molecule has 0 bridgehead atoms. The predicted molar refractivity (Wildman–Crippen MR) is 69.8 cm³/mol. The quantitative estimate of drug-likeness (QED) is 0.479. The molecular weight excluding hydrogens is 228 g/mol. The number of carbonyl (C=O) groups excluding carboxylic acids is 1. The lowest BCUT2D eigenvalue weighted by atomic mass is 10.1. The van der Waals surface area contributed by atoms with E-state index in [0.717, 1.165) is 21.9 Å². The minimum absolute atomic E-state index is 0.321. The first-order valence-electron chi connectivity index (χ1n) is 5.75. The Labute approximate surface area is 104 Å². The van der Waals surface area contributed by atoms with Crippen LogP contribution in [0.3, 0.4) is 0 Å². The number of fused-ring (bicyclic) bond motifs is 3. The molecule has 3 rings (SSSR count). The molecule has 0 N–H and O–H groups in total. The lowest BCUT2D eigenvalue weighted by Crippen LogP contribution is -2.00. The van der Waals surface area contributed by atoms with Crippen molar-refractivity contribution in [3.05, 3.63) is 42.0 Å². The molecule has 3 aromatic rings. The SMILES string of the molecule is CC(=O)Oc1ccc2oc3ccc(C)cc3c2c1. The smallest absolute Gasteiger partial charge is 0.308 e. The number of hydrogen-bond donors (Lipinski definition) is 0. The molecule has 0 aliphatic rings. The van der Waals surface area contributed by atoms with Gasteiger partial charge in [-0.2, -0.15) is 0 Å². The molecule has 0 fully saturated rings. The molecule has 0 atom stereocenters. The van der Waals surface area contributed by atoms with Gasteiger partial charge in [-0.05, 0) is 37.3 Å². The number of hydrogen-bond acceptors (Lipinski definition) is 3. The van der Waals surface area contributed by atoms with Crippen molar-refractivity contribution in [2.24, 2.45) is 0 Å². The summed E-state index contributed by atoms with van der Waals surface area (Å²) in [6, 6.07) is 11.4. The van der Waals surface area contributed by atoms with E-state index in [1.807, 2.05) is 31.2 Å². The van der Waals surface area contributed by atoms with E-state index in [-0.39, 0.29) is 5.97 Å². The van der Waals surface area contributed by atoms with Crippen molar-refractivity contribution in [2.75, 3.05) is 0 Å². The van der Waals surface area contributed by atoms with Crippen molar-refractivity contribution in [1.82, 2.24) is 0 Å². The maximum atomic E-state index is 11.0. The highest BCUT2D eigenvalue weighted by Gasteiger charge is 2.08. The van der Waals surface area contributed by atoms with Crippen molar-refractivity contribution >= 4 is 27.9 Å². The molecule has 0 aliphatic heterocycles. The van der Waals surface area contributed by atoms with E-state index in [1.165, 1.54) is 12.5 Å². The Kier molecular flexibility index (Phi) is 2.33. The summed E-state index contributed by atoms with van der Waals surface area (Å²) in [5.41, 5.74) is 2.81. The number of rotatable bonds is 1. The molecule has 0 radical (unpaired) electrons. The maximum Gasteiger partial charge on any atom is 0.308 e. The van der Waals surface area contributed by atoms with Crippen LogP contribution in [0.15, 0.2) is 40.8 Å². The van der Waals surface area contributed by atoms with E-state index in [9.17, 15) is 4.79 Å². The van der Waals surface area contributed by atoms with Gasteiger partial charge in [0.15, 0.2) is 0 Å². The topological polar surface area (TPSA) is 39.4 Å². The largest absolute Gasteiger partial charge is 0.456 e. The monoisotopic (exact) mass is 240 g/mol. The Balaban J connectivity index is 2.27. The van der Waals surface area contributed by atoms with Crippen molar-refractivity contribution in [3.8, 4) is 5.75 Å². The molecule has 0 unspecified atom stereocenters. The fourth-order valence-corrected chi connectivity index (χ4v) is 2.10. The third-order valence-corrected chi connectivity index (χ3v) is 2.86. The first kappa shape index (κ1) is 10.8. The highest BCUT2D eigenvalue weighted by atomic mass is 16.5. The zero-order valence-electron chi connectivity index (χ0n) is 10.2. The number of aryl methyl sites for hydroxylation is 1. The molecule has 1 heterocycles. The molecule has 1 aromatic heterocycles. The summed E-state index contributed by atoms with van der Waals surface area (Å²) in [5, 5.41) is 2.01. The van der Waals surface area contributed by atoms with Crippen LogP contribution < -0.4 is 4.74 Å². The molecule has 3 heteroatoms. The highest BCUT2D eigenvalue weighted by Crippen LogP contribution is 2.31. The highest BCUT2D eigenvalue weighted by molar-refractivity contribution is 6.05. The minimum Gasteiger partial charge on any atom is -0.456 e. The zero-order chi connectivity index (χ0) is 12.7. The van der Waals surface area contributed by atoms with Gasteiger partial charge in [-0.1, -0.05) is 11.6 Å². The van der Waals surface area contributed by atoms with Crippen LogP contribution in [0.4, 0.5) is 0 Å². The molecule has 0 spiro atoms. The maximum absolute atomic E-state index is 11.0. The van der Waals surface area contributed by atoms with Gasteiger partial charge in [-0.3, -0.25) is 4.79 Å². The van der Waals surface area contributed by atoms with Gasteiger partial charge in [-0.15, -0.1) is 0 Å². The average molecular weight is 240 g/mol. The van der Waals surface area contributed by atoms with E-state index < -0.39 is 0 Å². The Morgan fingerprint density at radius 2 is 1.72 bits per heavy atom. The van der Waals surface area contributed by atoms with Gasteiger partial charge in [0.25, 0.3) is 0 Å². The summed E-state index contributed by atoms with van der Waals surface area (Å²) < 4.78 is 10.8. The summed E-state index contributed by atoms with van der Waals surface area (Å²) >= 11 is 0. The fourth-order valence-electron chi connectivity index (χ4n) is 2.10. The normalized spacial score (nSPS) is 11.0. The second kappa shape index (κ2) is 3.88. The van der Waals surface area contributed by atoms with Crippen molar-refractivity contribution < 1.29 is 13.9 Å². The van der Waals surface area contributed by atoms with E-state index in [2.05, 4.69) is 6.07 Å². The Morgan fingerprint density at radius 3 is 2.44 bits per heavy atom. The van der Waals surface area contributed by atoms with E-state index >= 15 is 0 Å². The van der Waals surface area contributed by atoms with Gasteiger partial charge in [0.05, 0.1) is 0 Å². The first-order chi connectivity index (χ1) is 8.63.